The van der Waals surface area contributed by atoms with Gasteiger partial charge in [0, 0.05) is 12.1 Å². The summed E-state index contributed by atoms with van der Waals surface area (Å²) in [6.45, 7) is 6.68. The molecule has 0 amide bonds. The van der Waals surface area contributed by atoms with Crippen LogP contribution in [0.15, 0.2) is 18.2 Å². The maximum absolute atomic E-state index is 13.0. The van der Waals surface area contributed by atoms with Gasteiger partial charge >= 0.3 is 0 Å². The number of hydrogen-bond donors (Lipinski definition) is 2. The Kier molecular flexibility index (Phi) is 4.43. The zero-order valence-electron chi connectivity index (χ0n) is 9.76. The van der Waals surface area contributed by atoms with E-state index in [-0.39, 0.29) is 11.7 Å². The van der Waals surface area contributed by atoms with E-state index >= 15 is 0 Å². The summed E-state index contributed by atoms with van der Waals surface area (Å²) in [7, 11) is 0. The minimum Gasteiger partial charge on any atom is -0.384 e. The summed E-state index contributed by atoms with van der Waals surface area (Å²) in [4.78, 5) is 2.19. The lowest BCUT2D eigenvalue weighted by molar-refractivity contribution is 0.295. The van der Waals surface area contributed by atoms with Crippen molar-refractivity contribution in [1.82, 2.24) is 4.90 Å². The molecule has 3 N–H and O–H groups in total. The third-order valence-electron chi connectivity index (χ3n) is 2.65. The first-order valence-electron chi connectivity index (χ1n) is 5.43. The predicted molar refractivity (Wildman–Crippen MR) is 64.0 cm³/mol. The number of nitrogens with zero attached hydrogens (tertiary/aromatic N) is 1. The van der Waals surface area contributed by atoms with Crippen LogP contribution in [0.4, 0.5) is 4.39 Å². The second-order valence-corrected chi connectivity index (χ2v) is 3.68. The topological polar surface area (TPSA) is 53.1 Å². The first-order valence-corrected chi connectivity index (χ1v) is 5.43. The molecule has 0 fully saturated rings. The van der Waals surface area contributed by atoms with E-state index in [4.69, 9.17) is 11.1 Å². The molecule has 88 valence electrons. The Morgan fingerprint density at radius 1 is 1.38 bits per heavy atom. The first-order chi connectivity index (χ1) is 7.58. The molecule has 1 rings (SSSR count). The van der Waals surface area contributed by atoms with Crippen molar-refractivity contribution in [2.45, 2.75) is 20.4 Å². The van der Waals surface area contributed by atoms with Crippen LogP contribution in [0.3, 0.4) is 0 Å². The fraction of sp³-hybridized carbons (Fsp3) is 0.417. The SMILES string of the molecule is CCN(CC)Cc1ccc(F)cc1C(=N)N. The number of halogens is 1. The van der Waals surface area contributed by atoms with Crippen molar-refractivity contribution in [2.75, 3.05) is 13.1 Å². The van der Waals surface area contributed by atoms with Gasteiger partial charge in [-0.25, -0.2) is 4.39 Å². The summed E-state index contributed by atoms with van der Waals surface area (Å²) in [6.07, 6.45) is 0. The number of nitrogens with one attached hydrogen (secondary N) is 1. The van der Waals surface area contributed by atoms with E-state index in [1.54, 1.807) is 6.07 Å². The third-order valence-corrected chi connectivity index (χ3v) is 2.65. The molecule has 4 heteroatoms. The highest BCUT2D eigenvalue weighted by atomic mass is 19.1. The lowest BCUT2D eigenvalue weighted by atomic mass is 10.1. The lowest BCUT2D eigenvalue weighted by Gasteiger charge is -2.19. The lowest BCUT2D eigenvalue weighted by Crippen LogP contribution is -2.24. The standard InChI is InChI=1S/C12H18FN3/c1-3-16(4-2)8-9-5-6-10(13)7-11(9)12(14)15/h5-7H,3-4,8H2,1-2H3,(H3,14,15). The highest BCUT2D eigenvalue weighted by Crippen LogP contribution is 2.13. The Morgan fingerprint density at radius 2 is 2.00 bits per heavy atom. The van der Waals surface area contributed by atoms with E-state index in [9.17, 15) is 4.39 Å². The fourth-order valence-corrected chi connectivity index (χ4v) is 1.63. The first kappa shape index (κ1) is 12.6. The Balaban J connectivity index is 2.98. The number of nitrogens with two attached hydrogens (primary N) is 1. The summed E-state index contributed by atoms with van der Waals surface area (Å²) in [5, 5.41) is 7.42. The van der Waals surface area contributed by atoms with Gasteiger partial charge in [-0.2, -0.15) is 0 Å². The van der Waals surface area contributed by atoms with Crippen molar-refractivity contribution >= 4 is 5.84 Å². The van der Waals surface area contributed by atoms with Crippen molar-refractivity contribution in [3.05, 3.63) is 35.1 Å². The van der Waals surface area contributed by atoms with Crippen LogP contribution in [0.25, 0.3) is 0 Å². The Morgan fingerprint density at radius 3 is 2.50 bits per heavy atom. The molecule has 0 aliphatic carbocycles. The minimum atomic E-state index is -0.353. The summed E-state index contributed by atoms with van der Waals surface area (Å²) >= 11 is 0. The van der Waals surface area contributed by atoms with Crippen LogP contribution in [-0.4, -0.2) is 23.8 Å². The predicted octanol–water partition coefficient (Wildman–Crippen LogP) is 1.95. The minimum absolute atomic E-state index is 0.0818. The van der Waals surface area contributed by atoms with Crippen LogP contribution < -0.4 is 5.73 Å². The number of amidine groups is 1. The molecule has 0 bridgehead atoms. The zero-order chi connectivity index (χ0) is 12.1. The fourth-order valence-electron chi connectivity index (χ4n) is 1.63. The second-order valence-electron chi connectivity index (χ2n) is 3.68. The molecule has 0 spiro atoms. The average molecular weight is 223 g/mol. The molecule has 16 heavy (non-hydrogen) atoms. The van der Waals surface area contributed by atoms with Crippen LogP contribution >= 0.6 is 0 Å². The molecule has 1 aromatic rings. The molecule has 0 radical (unpaired) electrons. The molecule has 3 nitrogen and oxygen atoms in total. The van der Waals surface area contributed by atoms with Gasteiger partial charge in [-0.3, -0.25) is 10.3 Å². The van der Waals surface area contributed by atoms with E-state index in [2.05, 4.69) is 18.7 Å². The van der Waals surface area contributed by atoms with Crippen LogP contribution in [0, 0.1) is 11.2 Å². The Bertz CT molecular complexity index is 373. The van der Waals surface area contributed by atoms with Gasteiger partial charge in [0.25, 0.3) is 0 Å². The van der Waals surface area contributed by atoms with Gasteiger partial charge in [0.2, 0.25) is 0 Å². The van der Waals surface area contributed by atoms with Gasteiger partial charge in [0.05, 0.1) is 0 Å². The highest BCUT2D eigenvalue weighted by molar-refractivity contribution is 5.96. The maximum Gasteiger partial charge on any atom is 0.123 e. The highest BCUT2D eigenvalue weighted by Gasteiger charge is 2.09. The normalized spacial score (nSPS) is 10.8. The van der Waals surface area contributed by atoms with Gasteiger partial charge in [-0.1, -0.05) is 19.9 Å². The van der Waals surface area contributed by atoms with Crippen LogP contribution in [0.1, 0.15) is 25.0 Å². The van der Waals surface area contributed by atoms with Gasteiger partial charge in [0.15, 0.2) is 0 Å². The Labute approximate surface area is 95.6 Å². The van der Waals surface area contributed by atoms with E-state index in [1.807, 2.05) is 0 Å². The number of benzene rings is 1. The molecule has 0 aliphatic rings. The summed E-state index contributed by atoms with van der Waals surface area (Å²) in [5.74, 6) is -0.435. The number of hydrogen-bond acceptors (Lipinski definition) is 2. The maximum atomic E-state index is 13.0. The molecule has 0 atom stereocenters. The van der Waals surface area contributed by atoms with E-state index in [0.29, 0.717) is 12.1 Å². The van der Waals surface area contributed by atoms with E-state index in [0.717, 1.165) is 18.7 Å². The van der Waals surface area contributed by atoms with Gasteiger partial charge in [0.1, 0.15) is 11.7 Å². The smallest absolute Gasteiger partial charge is 0.123 e. The molecular weight excluding hydrogens is 205 g/mol. The second kappa shape index (κ2) is 5.61. The van der Waals surface area contributed by atoms with E-state index in [1.165, 1.54) is 12.1 Å². The quantitative estimate of drug-likeness (QED) is 0.592. The van der Waals surface area contributed by atoms with Crippen LogP contribution in [-0.2, 0) is 6.54 Å². The largest absolute Gasteiger partial charge is 0.384 e. The zero-order valence-corrected chi connectivity index (χ0v) is 9.76. The summed E-state index contributed by atoms with van der Waals surface area (Å²) in [6, 6.07) is 4.43. The molecular formula is C12H18FN3. The molecule has 0 unspecified atom stereocenters. The van der Waals surface area contributed by atoms with Crippen LogP contribution in [0.5, 0.6) is 0 Å². The van der Waals surface area contributed by atoms with Crippen molar-refractivity contribution in [2.24, 2.45) is 5.73 Å². The molecule has 0 heterocycles. The van der Waals surface area contributed by atoms with Gasteiger partial charge in [-0.05, 0) is 30.8 Å². The molecule has 1 aromatic carbocycles. The molecule has 0 saturated carbocycles. The Hall–Kier alpha value is -1.42. The average Bonchev–Trinajstić information content (AvgIpc) is 2.27. The van der Waals surface area contributed by atoms with Crippen molar-refractivity contribution < 1.29 is 4.39 Å². The third kappa shape index (κ3) is 3.03. The van der Waals surface area contributed by atoms with Crippen molar-refractivity contribution in [1.29, 1.82) is 5.41 Å². The summed E-state index contributed by atoms with van der Waals surface area (Å²) in [5.41, 5.74) is 6.83. The number of nitrogen functional groups attached to an aromatic ring is 1. The number of rotatable bonds is 5. The molecule has 0 saturated heterocycles. The van der Waals surface area contributed by atoms with Crippen molar-refractivity contribution in [3.63, 3.8) is 0 Å². The summed E-state index contributed by atoms with van der Waals surface area (Å²) < 4.78 is 13.0. The van der Waals surface area contributed by atoms with Crippen molar-refractivity contribution in [3.8, 4) is 0 Å². The molecule has 0 aliphatic heterocycles. The molecule has 0 aromatic heterocycles. The van der Waals surface area contributed by atoms with Crippen LogP contribution in [0.2, 0.25) is 0 Å². The monoisotopic (exact) mass is 223 g/mol. The van der Waals surface area contributed by atoms with E-state index < -0.39 is 0 Å². The van der Waals surface area contributed by atoms with Gasteiger partial charge in [-0.15, -0.1) is 0 Å². The van der Waals surface area contributed by atoms with Gasteiger partial charge < -0.3 is 5.73 Å².